The summed E-state index contributed by atoms with van der Waals surface area (Å²) in [6, 6.07) is 2.28. The number of fused-ring (bicyclic) bond motifs is 1. The Morgan fingerprint density at radius 1 is 1.36 bits per heavy atom. The van der Waals surface area contributed by atoms with Gasteiger partial charge in [0.15, 0.2) is 0 Å². The zero-order valence-corrected chi connectivity index (χ0v) is 7.32. The van der Waals surface area contributed by atoms with Gasteiger partial charge in [0.05, 0.1) is 0 Å². The molecule has 0 atom stereocenters. The molecule has 0 nitrogen and oxygen atoms in total. The molecule has 0 spiro atoms. The predicted octanol–water partition coefficient (Wildman–Crippen LogP) is 3.18. The third-order valence-electron chi connectivity index (χ3n) is 1.80. The van der Waals surface area contributed by atoms with E-state index in [-0.39, 0.29) is 0 Å². The van der Waals surface area contributed by atoms with Crippen LogP contribution >= 0.6 is 11.3 Å². The van der Waals surface area contributed by atoms with Gasteiger partial charge in [-0.25, -0.2) is 0 Å². The molecular weight excluding hydrogens is 152 g/mol. The number of hydrogen-bond donors (Lipinski definition) is 0. The molecule has 0 radical (unpaired) electrons. The Balaban J connectivity index is 2.51. The second kappa shape index (κ2) is 2.67. The molecule has 1 aromatic heterocycles. The molecule has 0 aliphatic heterocycles. The summed E-state index contributed by atoms with van der Waals surface area (Å²) in [7, 11) is 0. The van der Waals surface area contributed by atoms with Gasteiger partial charge >= 0.3 is 0 Å². The van der Waals surface area contributed by atoms with Gasteiger partial charge in [0.25, 0.3) is 0 Å². The molecular formula is C10H10S. The maximum absolute atomic E-state index is 2.28. The highest BCUT2D eigenvalue weighted by molar-refractivity contribution is 7.13. The van der Waals surface area contributed by atoms with Gasteiger partial charge in [-0.05, 0) is 31.1 Å². The van der Waals surface area contributed by atoms with Crippen LogP contribution in [-0.2, 0) is 6.42 Å². The Bertz CT molecular complexity index is 316. The van der Waals surface area contributed by atoms with Crippen molar-refractivity contribution in [2.24, 2.45) is 0 Å². The largest absolute Gasteiger partial charge is 0.141 e. The summed E-state index contributed by atoms with van der Waals surface area (Å²) in [6.07, 6.45) is 9.71. The summed E-state index contributed by atoms with van der Waals surface area (Å²) < 4.78 is 0. The van der Waals surface area contributed by atoms with E-state index in [1.807, 2.05) is 11.3 Å². The maximum Gasteiger partial charge on any atom is 0.0308 e. The molecule has 2 rings (SSSR count). The van der Waals surface area contributed by atoms with Gasteiger partial charge in [-0.2, -0.15) is 0 Å². The van der Waals surface area contributed by atoms with E-state index in [4.69, 9.17) is 0 Å². The molecule has 1 aromatic rings. The first-order chi connectivity index (χ1) is 5.36. The number of rotatable bonds is 0. The lowest BCUT2D eigenvalue weighted by atomic mass is 10.2. The first kappa shape index (κ1) is 6.86. The smallest absolute Gasteiger partial charge is 0.0308 e. The van der Waals surface area contributed by atoms with Gasteiger partial charge in [0.1, 0.15) is 0 Å². The summed E-state index contributed by atoms with van der Waals surface area (Å²) in [4.78, 5) is 2.84. The standard InChI is InChI=1S/C10H10S/c1-8-7-9-5-3-2-4-6-10(9)11-8/h2-4,6-7H,5H2,1H3. The van der Waals surface area contributed by atoms with E-state index in [9.17, 15) is 0 Å². The van der Waals surface area contributed by atoms with E-state index in [1.54, 1.807) is 0 Å². The molecule has 0 amide bonds. The Kier molecular flexibility index (Phi) is 1.66. The summed E-state index contributed by atoms with van der Waals surface area (Å²) in [5.74, 6) is 0. The van der Waals surface area contributed by atoms with Crippen LogP contribution in [0.5, 0.6) is 0 Å². The van der Waals surface area contributed by atoms with E-state index >= 15 is 0 Å². The van der Waals surface area contributed by atoms with Crippen molar-refractivity contribution < 1.29 is 0 Å². The normalized spacial score (nSPS) is 14.6. The Labute approximate surface area is 70.9 Å². The Hall–Kier alpha value is -0.820. The van der Waals surface area contributed by atoms with E-state index in [1.165, 1.54) is 15.3 Å². The van der Waals surface area contributed by atoms with Crippen molar-refractivity contribution >= 4 is 17.4 Å². The van der Waals surface area contributed by atoms with Crippen LogP contribution in [0.25, 0.3) is 6.08 Å². The van der Waals surface area contributed by atoms with Gasteiger partial charge in [0, 0.05) is 9.75 Å². The fraction of sp³-hybridized carbons (Fsp3) is 0.200. The van der Waals surface area contributed by atoms with Crippen molar-refractivity contribution in [2.45, 2.75) is 13.3 Å². The molecule has 0 aromatic carbocycles. The first-order valence-corrected chi connectivity index (χ1v) is 4.60. The van der Waals surface area contributed by atoms with Crippen molar-refractivity contribution in [3.8, 4) is 0 Å². The number of allylic oxidation sites excluding steroid dienone is 3. The maximum atomic E-state index is 2.28. The number of hydrogen-bond acceptors (Lipinski definition) is 1. The van der Waals surface area contributed by atoms with Crippen molar-refractivity contribution in [1.29, 1.82) is 0 Å². The molecule has 56 valence electrons. The second-order valence-electron chi connectivity index (χ2n) is 2.74. The summed E-state index contributed by atoms with van der Waals surface area (Å²) in [6.45, 7) is 2.16. The third-order valence-corrected chi connectivity index (χ3v) is 2.86. The Morgan fingerprint density at radius 3 is 3.18 bits per heavy atom. The molecule has 1 heterocycles. The van der Waals surface area contributed by atoms with Crippen molar-refractivity contribution in [3.63, 3.8) is 0 Å². The van der Waals surface area contributed by atoms with E-state index in [0.29, 0.717) is 0 Å². The summed E-state index contributed by atoms with van der Waals surface area (Å²) in [5, 5.41) is 0. The number of thiophene rings is 1. The van der Waals surface area contributed by atoms with Gasteiger partial charge < -0.3 is 0 Å². The van der Waals surface area contributed by atoms with Gasteiger partial charge in [-0.3, -0.25) is 0 Å². The van der Waals surface area contributed by atoms with E-state index in [0.717, 1.165) is 6.42 Å². The molecule has 0 bridgehead atoms. The van der Waals surface area contributed by atoms with Crippen LogP contribution in [0.1, 0.15) is 15.3 Å². The molecule has 0 saturated heterocycles. The highest BCUT2D eigenvalue weighted by atomic mass is 32.1. The lowest BCUT2D eigenvalue weighted by Gasteiger charge is -1.89. The quantitative estimate of drug-likeness (QED) is 0.549. The average molecular weight is 162 g/mol. The molecule has 1 heteroatoms. The van der Waals surface area contributed by atoms with E-state index < -0.39 is 0 Å². The monoisotopic (exact) mass is 162 g/mol. The van der Waals surface area contributed by atoms with Crippen molar-refractivity contribution in [3.05, 3.63) is 39.6 Å². The fourth-order valence-corrected chi connectivity index (χ4v) is 2.27. The predicted molar refractivity (Wildman–Crippen MR) is 50.9 cm³/mol. The lowest BCUT2D eigenvalue weighted by Crippen LogP contribution is -1.75. The first-order valence-electron chi connectivity index (χ1n) is 3.79. The molecule has 1 aliphatic carbocycles. The molecule has 0 unspecified atom stereocenters. The second-order valence-corrected chi connectivity index (χ2v) is 4.03. The van der Waals surface area contributed by atoms with Crippen LogP contribution in [0.2, 0.25) is 0 Å². The third kappa shape index (κ3) is 1.29. The van der Waals surface area contributed by atoms with Crippen LogP contribution in [-0.4, -0.2) is 0 Å². The highest BCUT2D eigenvalue weighted by Crippen LogP contribution is 2.25. The van der Waals surface area contributed by atoms with Crippen LogP contribution in [0.4, 0.5) is 0 Å². The minimum atomic E-state index is 1.09. The molecule has 11 heavy (non-hydrogen) atoms. The highest BCUT2D eigenvalue weighted by Gasteiger charge is 2.03. The summed E-state index contributed by atoms with van der Waals surface area (Å²) >= 11 is 1.88. The molecule has 0 N–H and O–H groups in total. The lowest BCUT2D eigenvalue weighted by molar-refractivity contribution is 1.29. The minimum Gasteiger partial charge on any atom is -0.141 e. The van der Waals surface area contributed by atoms with Crippen molar-refractivity contribution in [1.82, 2.24) is 0 Å². The van der Waals surface area contributed by atoms with Gasteiger partial charge in [-0.15, -0.1) is 11.3 Å². The van der Waals surface area contributed by atoms with Crippen LogP contribution in [0.15, 0.2) is 24.3 Å². The minimum absolute atomic E-state index is 1.09. The molecule has 0 fully saturated rings. The SMILES string of the molecule is Cc1cc2c(s1)C=CC=CC2. The van der Waals surface area contributed by atoms with Crippen LogP contribution in [0.3, 0.4) is 0 Å². The van der Waals surface area contributed by atoms with Crippen LogP contribution in [0, 0.1) is 6.92 Å². The molecule has 0 saturated carbocycles. The average Bonchev–Trinajstić information content (AvgIpc) is 2.17. The van der Waals surface area contributed by atoms with Gasteiger partial charge in [0.2, 0.25) is 0 Å². The zero-order valence-electron chi connectivity index (χ0n) is 6.50. The fourth-order valence-electron chi connectivity index (χ4n) is 1.30. The van der Waals surface area contributed by atoms with Gasteiger partial charge in [-0.1, -0.05) is 18.2 Å². The molecule has 1 aliphatic rings. The van der Waals surface area contributed by atoms with E-state index in [2.05, 4.69) is 37.3 Å². The Morgan fingerprint density at radius 2 is 2.27 bits per heavy atom. The van der Waals surface area contributed by atoms with Crippen molar-refractivity contribution in [2.75, 3.05) is 0 Å². The van der Waals surface area contributed by atoms with Crippen LogP contribution < -0.4 is 0 Å². The zero-order chi connectivity index (χ0) is 7.68. The summed E-state index contributed by atoms with van der Waals surface area (Å²) in [5.41, 5.74) is 1.47. The topological polar surface area (TPSA) is 0 Å². The number of aryl methyl sites for hydroxylation is 1.